The molecule has 1 aliphatic rings. The predicted octanol–water partition coefficient (Wildman–Crippen LogP) is 1.45. The molecular weight excluding hydrogens is 324 g/mol. The Bertz CT molecular complexity index is 533. The molecule has 1 aromatic rings. The van der Waals surface area contributed by atoms with Crippen molar-refractivity contribution >= 4 is 35.4 Å². The molecule has 124 valence electrons. The van der Waals surface area contributed by atoms with Crippen molar-refractivity contribution in [1.29, 1.82) is 0 Å². The van der Waals surface area contributed by atoms with Crippen LogP contribution in [0.5, 0.6) is 0 Å². The minimum absolute atomic E-state index is 0. The number of hydrogen-bond donors (Lipinski definition) is 3. The van der Waals surface area contributed by atoms with Gasteiger partial charge in [-0.15, -0.1) is 23.7 Å². The predicted molar refractivity (Wildman–Crippen MR) is 90.0 cm³/mol. The average molecular weight is 347 g/mol. The number of amides is 1. The molecule has 1 aliphatic heterocycles. The summed E-state index contributed by atoms with van der Waals surface area (Å²) in [4.78, 5) is 26.0. The minimum Gasteiger partial charge on any atom is -0.391 e. The fraction of sp³-hybridized carbons (Fsp3) is 0.600. The van der Waals surface area contributed by atoms with E-state index in [2.05, 4.69) is 10.6 Å². The standard InChI is InChI=1S/C15H22N2O3S.ClH/c1-9-5-12(10(2)21-9)13(18)3-4-15(20)17-7-11-6-16-8-14(11)19;/h5,11,14,16,19H,3-4,6-8H2,1-2H3,(H,17,20);1H. The van der Waals surface area contributed by atoms with Gasteiger partial charge in [0.15, 0.2) is 5.78 Å². The van der Waals surface area contributed by atoms with Crippen LogP contribution in [0.4, 0.5) is 0 Å². The molecule has 7 heteroatoms. The molecule has 3 N–H and O–H groups in total. The average Bonchev–Trinajstić information content (AvgIpc) is 2.99. The van der Waals surface area contributed by atoms with E-state index in [1.54, 1.807) is 11.3 Å². The zero-order valence-corrected chi connectivity index (χ0v) is 14.5. The molecule has 5 nitrogen and oxygen atoms in total. The number of β-amino-alcohol motifs (C(OH)–C–C–N with tert-alkyl or cyclic N) is 1. The quantitative estimate of drug-likeness (QED) is 0.681. The van der Waals surface area contributed by atoms with Gasteiger partial charge in [-0.3, -0.25) is 9.59 Å². The summed E-state index contributed by atoms with van der Waals surface area (Å²) in [5.74, 6) is -0.0481. The van der Waals surface area contributed by atoms with Crippen molar-refractivity contribution in [2.75, 3.05) is 19.6 Å². The van der Waals surface area contributed by atoms with Crippen molar-refractivity contribution in [2.24, 2.45) is 5.92 Å². The molecular formula is C15H23ClN2O3S. The van der Waals surface area contributed by atoms with Crippen LogP contribution in [0, 0.1) is 19.8 Å². The number of rotatable bonds is 6. The molecule has 0 spiro atoms. The Hall–Kier alpha value is -0.950. The van der Waals surface area contributed by atoms with Crippen LogP contribution < -0.4 is 10.6 Å². The van der Waals surface area contributed by atoms with E-state index >= 15 is 0 Å². The largest absolute Gasteiger partial charge is 0.391 e. The lowest BCUT2D eigenvalue weighted by molar-refractivity contribution is -0.121. The van der Waals surface area contributed by atoms with E-state index in [1.807, 2.05) is 19.9 Å². The third-order valence-corrected chi connectivity index (χ3v) is 4.75. The van der Waals surface area contributed by atoms with Crippen LogP contribution in [-0.4, -0.2) is 42.5 Å². The Morgan fingerprint density at radius 2 is 2.09 bits per heavy atom. The van der Waals surface area contributed by atoms with Gasteiger partial charge in [-0.1, -0.05) is 0 Å². The van der Waals surface area contributed by atoms with Gasteiger partial charge in [0, 0.05) is 53.7 Å². The molecule has 0 radical (unpaired) electrons. The Balaban J connectivity index is 0.00000242. The van der Waals surface area contributed by atoms with E-state index in [0.29, 0.717) is 19.6 Å². The van der Waals surface area contributed by atoms with Crippen LogP contribution >= 0.6 is 23.7 Å². The van der Waals surface area contributed by atoms with E-state index in [4.69, 9.17) is 0 Å². The normalized spacial score (nSPS) is 20.5. The molecule has 22 heavy (non-hydrogen) atoms. The summed E-state index contributed by atoms with van der Waals surface area (Å²) in [6.45, 7) is 5.66. The van der Waals surface area contributed by atoms with Crippen LogP contribution in [0.15, 0.2) is 6.07 Å². The number of aryl methyl sites for hydroxylation is 2. The summed E-state index contributed by atoms with van der Waals surface area (Å²) in [6, 6.07) is 1.89. The number of carbonyl (C=O) groups excluding carboxylic acids is 2. The van der Waals surface area contributed by atoms with Crippen LogP contribution in [0.2, 0.25) is 0 Å². The van der Waals surface area contributed by atoms with Crippen molar-refractivity contribution in [3.05, 3.63) is 21.4 Å². The fourth-order valence-electron chi connectivity index (χ4n) is 2.53. The molecule has 1 amide bonds. The number of thiophene rings is 1. The van der Waals surface area contributed by atoms with Crippen molar-refractivity contribution in [3.8, 4) is 0 Å². The second kappa shape index (κ2) is 8.62. The Morgan fingerprint density at radius 1 is 1.36 bits per heavy atom. The fourth-order valence-corrected chi connectivity index (χ4v) is 3.47. The maximum absolute atomic E-state index is 12.1. The third kappa shape index (κ3) is 5.05. The first-order valence-corrected chi connectivity index (χ1v) is 8.04. The number of aliphatic hydroxyl groups is 1. The van der Waals surface area contributed by atoms with Gasteiger partial charge in [-0.2, -0.15) is 0 Å². The molecule has 1 fully saturated rings. The first-order chi connectivity index (χ1) is 9.97. The van der Waals surface area contributed by atoms with Gasteiger partial charge in [0.25, 0.3) is 0 Å². The second-order valence-corrected chi connectivity index (χ2v) is 7.00. The summed E-state index contributed by atoms with van der Waals surface area (Å²) < 4.78 is 0. The van der Waals surface area contributed by atoms with Gasteiger partial charge in [-0.25, -0.2) is 0 Å². The molecule has 2 rings (SSSR count). The first-order valence-electron chi connectivity index (χ1n) is 7.23. The third-order valence-electron chi connectivity index (χ3n) is 3.79. The summed E-state index contributed by atoms with van der Waals surface area (Å²) >= 11 is 1.60. The monoisotopic (exact) mass is 346 g/mol. The first kappa shape index (κ1) is 19.1. The number of aliphatic hydroxyl groups excluding tert-OH is 1. The van der Waals surface area contributed by atoms with Gasteiger partial charge in [0.1, 0.15) is 0 Å². The van der Waals surface area contributed by atoms with Crippen molar-refractivity contribution in [1.82, 2.24) is 10.6 Å². The van der Waals surface area contributed by atoms with Crippen LogP contribution in [0.3, 0.4) is 0 Å². The highest BCUT2D eigenvalue weighted by Crippen LogP contribution is 2.22. The lowest BCUT2D eigenvalue weighted by Gasteiger charge is -2.13. The van der Waals surface area contributed by atoms with Crippen molar-refractivity contribution < 1.29 is 14.7 Å². The zero-order chi connectivity index (χ0) is 15.4. The smallest absolute Gasteiger partial charge is 0.220 e. The summed E-state index contributed by atoms with van der Waals surface area (Å²) in [5, 5.41) is 15.5. The summed E-state index contributed by atoms with van der Waals surface area (Å²) in [6.07, 6.45) is 0.0286. The minimum atomic E-state index is -0.400. The molecule has 1 aromatic heterocycles. The Labute approximate surface area is 140 Å². The van der Waals surface area contributed by atoms with E-state index in [0.717, 1.165) is 15.3 Å². The van der Waals surface area contributed by atoms with Crippen LogP contribution in [0.1, 0.15) is 33.0 Å². The molecule has 0 aromatic carbocycles. The van der Waals surface area contributed by atoms with E-state index in [9.17, 15) is 14.7 Å². The van der Waals surface area contributed by atoms with Crippen LogP contribution in [-0.2, 0) is 4.79 Å². The highest BCUT2D eigenvalue weighted by molar-refractivity contribution is 7.12. The molecule has 0 bridgehead atoms. The Morgan fingerprint density at radius 3 is 2.64 bits per heavy atom. The topological polar surface area (TPSA) is 78.4 Å². The van der Waals surface area contributed by atoms with E-state index < -0.39 is 6.10 Å². The number of hydrogen-bond acceptors (Lipinski definition) is 5. The van der Waals surface area contributed by atoms with Crippen molar-refractivity contribution in [3.63, 3.8) is 0 Å². The number of carbonyl (C=O) groups is 2. The molecule has 2 atom stereocenters. The lowest BCUT2D eigenvalue weighted by Crippen LogP contribution is -2.34. The molecule has 0 aliphatic carbocycles. The molecule has 2 unspecified atom stereocenters. The maximum Gasteiger partial charge on any atom is 0.220 e. The number of halogens is 1. The van der Waals surface area contributed by atoms with Gasteiger partial charge in [0.2, 0.25) is 5.91 Å². The van der Waals surface area contributed by atoms with Gasteiger partial charge >= 0.3 is 0 Å². The maximum atomic E-state index is 12.1. The zero-order valence-electron chi connectivity index (χ0n) is 12.8. The summed E-state index contributed by atoms with van der Waals surface area (Å²) in [7, 11) is 0. The highest BCUT2D eigenvalue weighted by Gasteiger charge is 2.25. The van der Waals surface area contributed by atoms with Crippen LogP contribution in [0.25, 0.3) is 0 Å². The SMILES string of the molecule is Cc1cc(C(=O)CCC(=O)NCC2CNCC2O)c(C)s1.Cl. The Kier molecular flexibility index (Phi) is 7.48. The van der Waals surface area contributed by atoms with Crippen molar-refractivity contribution in [2.45, 2.75) is 32.8 Å². The van der Waals surface area contributed by atoms with Gasteiger partial charge in [0.05, 0.1) is 6.10 Å². The van der Waals surface area contributed by atoms with Gasteiger partial charge < -0.3 is 15.7 Å². The summed E-state index contributed by atoms with van der Waals surface area (Å²) in [5.41, 5.74) is 0.737. The van der Waals surface area contributed by atoms with E-state index in [-0.39, 0.29) is 42.9 Å². The van der Waals surface area contributed by atoms with Gasteiger partial charge in [-0.05, 0) is 19.9 Å². The lowest BCUT2D eigenvalue weighted by atomic mass is 10.1. The number of Topliss-reactive ketones (excluding diaryl/α,β-unsaturated/α-hetero) is 1. The number of ketones is 1. The highest BCUT2D eigenvalue weighted by atomic mass is 35.5. The molecule has 2 heterocycles. The molecule has 1 saturated heterocycles. The van der Waals surface area contributed by atoms with E-state index in [1.165, 1.54) is 0 Å². The molecule has 0 saturated carbocycles. The second-order valence-electron chi connectivity index (χ2n) is 5.54. The number of nitrogens with one attached hydrogen (secondary N) is 2.